The van der Waals surface area contributed by atoms with Crippen LogP contribution in [0.25, 0.3) is 0 Å². The summed E-state index contributed by atoms with van der Waals surface area (Å²) in [5, 5.41) is 13.3. The number of phenolic OH excluding ortho intramolecular Hbond substituents is 1. The Morgan fingerprint density at radius 2 is 1.66 bits per heavy atom. The van der Waals surface area contributed by atoms with Crippen molar-refractivity contribution in [2.45, 2.75) is 12.8 Å². The molecule has 2 aliphatic heterocycles. The number of carbonyl (C=O) groups excluding carboxylic acids is 1. The lowest BCUT2D eigenvalue weighted by Gasteiger charge is -2.36. The molecule has 0 saturated carbocycles. The van der Waals surface area contributed by atoms with Crippen molar-refractivity contribution in [2.24, 2.45) is 0 Å². The Hall–Kier alpha value is -2.73. The van der Waals surface area contributed by atoms with Crippen LogP contribution >= 0.6 is 0 Å². The SMILES string of the molecule is O=C(c1ccc(O)cc1NCCN1CCN(c2ccccc2)CC1)N1CCCC1. The summed E-state index contributed by atoms with van der Waals surface area (Å²) in [6.07, 6.45) is 2.14. The van der Waals surface area contributed by atoms with Crippen LogP contribution in [-0.4, -0.2) is 73.2 Å². The Kier molecular flexibility index (Phi) is 6.20. The fourth-order valence-electron chi connectivity index (χ4n) is 4.17. The number of hydrogen-bond donors (Lipinski definition) is 2. The van der Waals surface area contributed by atoms with Gasteiger partial charge in [-0.3, -0.25) is 9.69 Å². The second kappa shape index (κ2) is 9.18. The molecule has 2 aromatic rings. The average molecular weight is 395 g/mol. The van der Waals surface area contributed by atoms with Crippen LogP contribution in [0.5, 0.6) is 5.75 Å². The number of likely N-dealkylation sites (tertiary alicyclic amines) is 1. The highest BCUT2D eigenvalue weighted by Crippen LogP contribution is 2.24. The van der Waals surface area contributed by atoms with Crippen molar-refractivity contribution in [1.29, 1.82) is 0 Å². The minimum Gasteiger partial charge on any atom is -0.508 e. The van der Waals surface area contributed by atoms with E-state index in [0.29, 0.717) is 5.56 Å². The Morgan fingerprint density at radius 1 is 0.931 bits per heavy atom. The molecule has 2 heterocycles. The quantitative estimate of drug-likeness (QED) is 0.789. The van der Waals surface area contributed by atoms with Crippen LogP contribution in [0.15, 0.2) is 48.5 Å². The van der Waals surface area contributed by atoms with E-state index in [1.807, 2.05) is 4.90 Å². The van der Waals surface area contributed by atoms with Crippen molar-refractivity contribution in [2.75, 3.05) is 62.6 Å². The van der Waals surface area contributed by atoms with Gasteiger partial charge < -0.3 is 20.2 Å². The lowest BCUT2D eigenvalue weighted by molar-refractivity contribution is 0.0793. The number of para-hydroxylation sites is 1. The zero-order valence-electron chi connectivity index (χ0n) is 16.9. The van der Waals surface area contributed by atoms with E-state index >= 15 is 0 Å². The van der Waals surface area contributed by atoms with E-state index in [9.17, 15) is 9.90 Å². The summed E-state index contributed by atoms with van der Waals surface area (Å²) < 4.78 is 0. The van der Waals surface area contributed by atoms with Crippen molar-refractivity contribution >= 4 is 17.3 Å². The molecule has 154 valence electrons. The number of amides is 1. The topological polar surface area (TPSA) is 59.1 Å². The molecule has 0 spiro atoms. The molecule has 29 heavy (non-hydrogen) atoms. The first-order valence-electron chi connectivity index (χ1n) is 10.6. The van der Waals surface area contributed by atoms with Crippen molar-refractivity contribution in [3.8, 4) is 5.75 Å². The molecule has 1 amide bonds. The van der Waals surface area contributed by atoms with Gasteiger partial charge in [-0.15, -0.1) is 0 Å². The van der Waals surface area contributed by atoms with Gasteiger partial charge in [0, 0.05) is 64.1 Å². The number of hydrogen-bond acceptors (Lipinski definition) is 5. The summed E-state index contributed by atoms with van der Waals surface area (Å²) in [5.41, 5.74) is 2.67. The summed E-state index contributed by atoms with van der Waals surface area (Å²) in [6.45, 7) is 7.40. The van der Waals surface area contributed by atoms with E-state index in [0.717, 1.165) is 70.9 Å². The zero-order valence-corrected chi connectivity index (χ0v) is 16.9. The highest BCUT2D eigenvalue weighted by molar-refractivity contribution is 6.00. The normalized spacial score (nSPS) is 17.5. The number of benzene rings is 2. The molecular weight excluding hydrogens is 364 g/mol. The van der Waals surface area contributed by atoms with E-state index in [-0.39, 0.29) is 11.7 Å². The number of carbonyl (C=O) groups is 1. The van der Waals surface area contributed by atoms with Gasteiger partial charge in [0.1, 0.15) is 5.75 Å². The van der Waals surface area contributed by atoms with Gasteiger partial charge in [-0.1, -0.05) is 18.2 Å². The summed E-state index contributed by atoms with van der Waals surface area (Å²) in [6, 6.07) is 15.5. The summed E-state index contributed by atoms with van der Waals surface area (Å²) in [5.74, 6) is 0.239. The first-order valence-corrected chi connectivity index (χ1v) is 10.6. The number of nitrogens with one attached hydrogen (secondary N) is 1. The molecule has 2 aliphatic rings. The molecule has 6 heteroatoms. The molecule has 2 fully saturated rings. The monoisotopic (exact) mass is 394 g/mol. The lowest BCUT2D eigenvalue weighted by atomic mass is 10.1. The van der Waals surface area contributed by atoms with Gasteiger partial charge in [0.05, 0.1) is 11.3 Å². The van der Waals surface area contributed by atoms with Crippen molar-refractivity contribution < 1.29 is 9.90 Å². The maximum Gasteiger partial charge on any atom is 0.255 e. The first-order chi connectivity index (χ1) is 14.2. The Bertz CT molecular complexity index is 813. The predicted molar refractivity (Wildman–Crippen MR) is 117 cm³/mol. The minimum absolute atomic E-state index is 0.0569. The largest absolute Gasteiger partial charge is 0.508 e. The van der Waals surface area contributed by atoms with Crippen LogP contribution in [-0.2, 0) is 0 Å². The van der Waals surface area contributed by atoms with E-state index in [1.54, 1.807) is 18.2 Å². The third kappa shape index (κ3) is 4.82. The van der Waals surface area contributed by atoms with Gasteiger partial charge in [0.25, 0.3) is 5.91 Å². The second-order valence-corrected chi connectivity index (χ2v) is 7.82. The smallest absolute Gasteiger partial charge is 0.255 e. The molecule has 0 unspecified atom stereocenters. The van der Waals surface area contributed by atoms with Gasteiger partial charge in [0.15, 0.2) is 0 Å². The lowest BCUT2D eigenvalue weighted by Crippen LogP contribution is -2.47. The molecule has 6 nitrogen and oxygen atoms in total. The molecule has 2 aromatic carbocycles. The van der Waals surface area contributed by atoms with Gasteiger partial charge in [-0.25, -0.2) is 0 Å². The van der Waals surface area contributed by atoms with E-state index in [1.165, 1.54) is 5.69 Å². The van der Waals surface area contributed by atoms with Crippen molar-refractivity contribution in [3.05, 3.63) is 54.1 Å². The van der Waals surface area contributed by atoms with Crippen LogP contribution in [0, 0.1) is 0 Å². The molecular formula is C23H30N4O2. The predicted octanol–water partition coefficient (Wildman–Crippen LogP) is 2.86. The number of rotatable bonds is 6. The summed E-state index contributed by atoms with van der Waals surface area (Å²) in [7, 11) is 0. The Morgan fingerprint density at radius 3 is 2.38 bits per heavy atom. The van der Waals surface area contributed by atoms with Crippen molar-refractivity contribution in [3.63, 3.8) is 0 Å². The summed E-state index contributed by atoms with van der Waals surface area (Å²) >= 11 is 0. The third-order valence-electron chi connectivity index (χ3n) is 5.86. The molecule has 0 bridgehead atoms. The second-order valence-electron chi connectivity index (χ2n) is 7.82. The van der Waals surface area contributed by atoms with Gasteiger partial charge in [-0.05, 0) is 37.1 Å². The third-order valence-corrected chi connectivity index (χ3v) is 5.86. The van der Waals surface area contributed by atoms with Gasteiger partial charge >= 0.3 is 0 Å². The molecule has 2 saturated heterocycles. The first kappa shape index (κ1) is 19.6. The molecule has 0 radical (unpaired) electrons. The van der Waals surface area contributed by atoms with E-state index in [4.69, 9.17) is 0 Å². The van der Waals surface area contributed by atoms with Gasteiger partial charge in [0.2, 0.25) is 0 Å². The van der Waals surface area contributed by atoms with Crippen molar-refractivity contribution in [1.82, 2.24) is 9.80 Å². The number of phenols is 1. The summed E-state index contributed by atoms with van der Waals surface area (Å²) in [4.78, 5) is 19.6. The molecule has 4 rings (SSSR count). The molecule has 0 aliphatic carbocycles. The Labute approximate surface area is 172 Å². The number of piperazine rings is 1. The van der Waals surface area contributed by atoms with Crippen LogP contribution in [0.3, 0.4) is 0 Å². The molecule has 0 atom stereocenters. The standard InChI is InChI=1S/C23H30N4O2/c28-20-8-9-21(23(29)27-11-4-5-12-27)22(18-20)24-10-13-25-14-16-26(17-15-25)19-6-2-1-3-7-19/h1-3,6-9,18,24,28H,4-5,10-17H2. The molecule has 2 N–H and O–H groups in total. The fourth-order valence-corrected chi connectivity index (χ4v) is 4.17. The van der Waals surface area contributed by atoms with Crippen LogP contribution in [0.1, 0.15) is 23.2 Å². The fraction of sp³-hybridized carbons (Fsp3) is 0.435. The maximum atomic E-state index is 12.8. The number of nitrogens with zero attached hydrogens (tertiary/aromatic N) is 3. The zero-order chi connectivity index (χ0) is 20.1. The van der Waals surface area contributed by atoms with Crippen LogP contribution < -0.4 is 10.2 Å². The van der Waals surface area contributed by atoms with E-state index < -0.39 is 0 Å². The highest BCUT2D eigenvalue weighted by atomic mass is 16.3. The van der Waals surface area contributed by atoms with Crippen LogP contribution in [0.4, 0.5) is 11.4 Å². The van der Waals surface area contributed by atoms with Crippen LogP contribution in [0.2, 0.25) is 0 Å². The molecule has 0 aromatic heterocycles. The highest BCUT2D eigenvalue weighted by Gasteiger charge is 2.22. The van der Waals surface area contributed by atoms with E-state index in [2.05, 4.69) is 45.4 Å². The number of aromatic hydroxyl groups is 1. The maximum absolute atomic E-state index is 12.8. The van der Waals surface area contributed by atoms with Gasteiger partial charge in [-0.2, -0.15) is 0 Å². The minimum atomic E-state index is 0.0569. The number of anilines is 2. The Balaban J connectivity index is 1.30. The average Bonchev–Trinajstić information content (AvgIpc) is 3.30.